The average Bonchev–Trinajstić information content (AvgIpc) is 2.22. The molecule has 0 fully saturated rings. The number of halogens is 1. The smallest absolute Gasteiger partial charge is 0.129 e. The molecule has 1 heterocycles. The van der Waals surface area contributed by atoms with Gasteiger partial charge in [0.25, 0.3) is 0 Å². The fourth-order valence-corrected chi connectivity index (χ4v) is 1.24. The predicted molar refractivity (Wildman–Crippen MR) is 55.8 cm³/mol. The highest BCUT2D eigenvalue weighted by atomic mass is 35.5. The summed E-state index contributed by atoms with van der Waals surface area (Å²) >= 11 is 5.64. The molecule has 0 aliphatic carbocycles. The second-order valence-corrected chi connectivity index (χ2v) is 3.34. The lowest BCUT2D eigenvalue weighted by Crippen LogP contribution is -2.23. The Balaban J connectivity index is 2.62. The second-order valence-electron chi connectivity index (χ2n) is 2.95. The quantitative estimate of drug-likeness (QED) is 0.571. The Morgan fingerprint density at radius 1 is 1.27 bits per heavy atom. The normalized spacial score (nSPS) is 9.60. The third-order valence-electron chi connectivity index (χ3n) is 1.78. The van der Waals surface area contributed by atoms with E-state index in [1.54, 1.807) is 17.2 Å². The van der Waals surface area contributed by atoms with Crippen LogP contribution in [-0.2, 0) is 6.54 Å². The molecule has 0 aliphatic heterocycles. The van der Waals surface area contributed by atoms with Gasteiger partial charge in [-0.25, -0.2) is 4.98 Å². The predicted octanol–water partition coefficient (Wildman–Crippen LogP) is 1.58. The van der Waals surface area contributed by atoms with Gasteiger partial charge >= 0.3 is 0 Å². The molecule has 4 nitrogen and oxygen atoms in total. The largest absolute Gasteiger partial charge is 0.273 e. The van der Waals surface area contributed by atoms with E-state index in [2.05, 4.69) is 4.98 Å². The van der Waals surface area contributed by atoms with Gasteiger partial charge in [-0.3, -0.25) is 4.90 Å². The van der Waals surface area contributed by atoms with E-state index in [0.717, 1.165) is 5.56 Å². The van der Waals surface area contributed by atoms with E-state index in [9.17, 15) is 0 Å². The Hall–Kier alpha value is -1.62. The molecular weight excluding hydrogens is 212 g/mol. The topological polar surface area (TPSA) is 63.7 Å². The second kappa shape index (κ2) is 5.98. The van der Waals surface area contributed by atoms with Crippen molar-refractivity contribution in [2.75, 3.05) is 13.1 Å². The molecule has 76 valence electrons. The van der Waals surface area contributed by atoms with Crippen LogP contribution in [0.5, 0.6) is 0 Å². The first-order valence-electron chi connectivity index (χ1n) is 4.33. The molecule has 0 aliphatic rings. The monoisotopic (exact) mass is 220 g/mol. The molecule has 0 atom stereocenters. The highest BCUT2D eigenvalue weighted by molar-refractivity contribution is 6.29. The minimum atomic E-state index is 0.232. The van der Waals surface area contributed by atoms with Gasteiger partial charge < -0.3 is 0 Å². The van der Waals surface area contributed by atoms with Crippen LogP contribution < -0.4 is 0 Å². The molecular formula is C10H9ClN4. The molecule has 1 aromatic heterocycles. The lowest BCUT2D eigenvalue weighted by atomic mass is 10.2. The van der Waals surface area contributed by atoms with E-state index in [-0.39, 0.29) is 13.1 Å². The molecule has 0 aromatic carbocycles. The number of rotatable bonds is 4. The minimum Gasteiger partial charge on any atom is -0.273 e. The summed E-state index contributed by atoms with van der Waals surface area (Å²) in [6.07, 6.45) is 1.64. The van der Waals surface area contributed by atoms with Gasteiger partial charge in [0.15, 0.2) is 0 Å². The summed E-state index contributed by atoms with van der Waals surface area (Å²) in [6, 6.07) is 7.54. The van der Waals surface area contributed by atoms with Crippen molar-refractivity contribution in [2.24, 2.45) is 0 Å². The highest BCUT2D eigenvalue weighted by Crippen LogP contribution is 2.07. The molecule has 0 amide bonds. The Kier molecular flexibility index (Phi) is 4.56. The highest BCUT2D eigenvalue weighted by Gasteiger charge is 2.04. The lowest BCUT2D eigenvalue weighted by molar-refractivity contribution is 0.334. The van der Waals surface area contributed by atoms with Gasteiger partial charge in [0.2, 0.25) is 0 Å². The molecule has 15 heavy (non-hydrogen) atoms. The van der Waals surface area contributed by atoms with Crippen molar-refractivity contribution in [1.29, 1.82) is 10.5 Å². The van der Waals surface area contributed by atoms with Gasteiger partial charge in [0.05, 0.1) is 25.2 Å². The number of pyridine rings is 1. The van der Waals surface area contributed by atoms with Crippen molar-refractivity contribution in [3.05, 3.63) is 29.0 Å². The van der Waals surface area contributed by atoms with E-state index in [1.165, 1.54) is 0 Å². The molecule has 0 N–H and O–H groups in total. The van der Waals surface area contributed by atoms with Crippen LogP contribution in [0, 0.1) is 22.7 Å². The molecule has 1 rings (SSSR count). The van der Waals surface area contributed by atoms with Crippen molar-refractivity contribution >= 4 is 11.6 Å². The van der Waals surface area contributed by atoms with E-state index < -0.39 is 0 Å². The van der Waals surface area contributed by atoms with Gasteiger partial charge in [-0.15, -0.1) is 0 Å². The maximum atomic E-state index is 8.55. The number of hydrogen-bond acceptors (Lipinski definition) is 4. The minimum absolute atomic E-state index is 0.232. The van der Waals surface area contributed by atoms with Crippen molar-refractivity contribution in [2.45, 2.75) is 6.54 Å². The van der Waals surface area contributed by atoms with Crippen LogP contribution in [0.2, 0.25) is 5.15 Å². The number of hydrogen-bond donors (Lipinski definition) is 0. The van der Waals surface area contributed by atoms with Gasteiger partial charge in [-0.05, 0) is 11.6 Å². The van der Waals surface area contributed by atoms with Crippen molar-refractivity contribution in [1.82, 2.24) is 9.88 Å². The summed E-state index contributed by atoms with van der Waals surface area (Å²) in [7, 11) is 0. The standard InChI is InChI=1S/C10H9ClN4/c11-10-2-1-9(7-14-10)8-15(5-3-12)6-4-13/h1-2,7H,5-6,8H2. The molecule has 0 unspecified atom stereocenters. The first kappa shape index (κ1) is 11.5. The SMILES string of the molecule is N#CCN(CC#N)Cc1ccc(Cl)nc1. The summed E-state index contributed by atoms with van der Waals surface area (Å²) in [6.45, 7) is 0.998. The summed E-state index contributed by atoms with van der Waals surface area (Å²) in [5.74, 6) is 0. The maximum Gasteiger partial charge on any atom is 0.129 e. The van der Waals surface area contributed by atoms with E-state index in [4.69, 9.17) is 22.1 Å². The Labute approximate surface area is 93.3 Å². The van der Waals surface area contributed by atoms with Crippen molar-refractivity contribution < 1.29 is 0 Å². The fraction of sp³-hybridized carbons (Fsp3) is 0.300. The fourth-order valence-electron chi connectivity index (χ4n) is 1.13. The number of aromatic nitrogens is 1. The van der Waals surface area contributed by atoms with E-state index in [1.807, 2.05) is 18.2 Å². The van der Waals surface area contributed by atoms with Gasteiger partial charge in [-0.2, -0.15) is 10.5 Å². The van der Waals surface area contributed by atoms with Crippen LogP contribution in [0.3, 0.4) is 0 Å². The molecule has 1 aromatic rings. The van der Waals surface area contributed by atoms with Crippen molar-refractivity contribution in [3.63, 3.8) is 0 Å². The molecule has 0 spiro atoms. The third kappa shape index (κ3) is 3.95. The van der Waals surface area contributed by atoms with Crippen LogP contribution in [0.15, 0.2) is 18.3 Å². The molecule has 0 saturated carbocycles. The summed E-state index contributed by atoms with van der Waals surface area (Å²) in [5.41, 5.74) is 0.935. The summed E-state index contributed by atoms with van der Waals surface area (Å²) < 4.78 is 0. The van der Waals surface area contributed by atoms with Crippen LogP contribution in [0.1, 0.15) is 5.56 Å². The first-order valence-corrected chi connectivity index (χ1v) is 4.70. The summed E-state index contributed by atoms with van der Waals surface area (Å²) in [5, 5.41) is 17.5. The van der Waals surface area contributed by atoms with Crippen LogP contribution in [0.4, 0.5) is 0 Å². The third-order valence-corrected chi connectivity index (χ3v) is 2.01. The van der Waals surface area contributed by atoms with Crippen molar-refractivity contribution in [3.8, 4) is 12.1 Å². The van der Waals surface area contributed by atoms with Gasteiger partial charge in [0.1, 0.15) is 5.15 Å². The lowest BCUT2D eigenvalue weighted by Gasteiger charge is -2.14. The Morgan fingerprint density at radius 3 is 2.40 bits per heavy atom. The van der Waals surface area contributed by atoms with Crippen LogP contribution in [-0.4, -0.2) is 23.0 Å². The molecule has 5 heteroatoms. The van der Waals surface area contributed by atoms with Crippen LogP contribution in [0.25, 0.3) is 0 Å². The Bertz CT molecular complexity index is 371. The van der Waals surface area contributed by atoms with E-state index in [0.29, 0.717) is 11.7 Å². The summed E-state index contributed by atoms with van der Waals surface area (Å²) in [4.78, 5) is 5.65. The first-order chi connectivity index (χ1) is 7.26. The molecule has 0 bridgehead atoms. The molecule has 0 saturated heterocycles. The van der Waals surface area contributed by atoms with Gasteiger partial charge in [0, 0.05) is 12.7 Å². The zero-order valence-corrected chi connectivity index (χ0v) is 8.78. The maximum absolute atomic E-state index is 8.55. The zero-order valence-electron chi connectivity index (χ0n) is 8.02. The molecule has 0 radical (unpaired) electrons. The van der Waals surface area contributed by atoms with E-state index >= 15 is 0 Å². The zero-order chi connectivity index (χ0) is 11.1. The Morgan fingerprint density at radius 2 is 1.93 bits per heavy atom. The number of nitriles is 2. The van der Waals surface area contributed by atoms with Crippen LogP contribution >= 0.6 is 11.6 Å². The van der Waals surface area contributed by atoms with Gasteiger partial charge in [-0.1, -0.05) is 17.7 Å². The number of nitrogens with zero attached hydrogens (tertiary/aromatic N) is 4. The average molecular weight is 221 g/mol.